The van der Waals surface area contributed by atoms with Gasteiger partial charge in [0.25, 0.3) is 5.91 Å². The molecule has 0 bridgehead atoms. The molecule has 0 N–H and O–H groups in total. The summed E-state index contributed by atoms with van der Waals surface area (Å²) in [4.78, 5) is 13.9. The molecule has 0 spiro atoms. The van der Waals surface area contributed by atoms with Crippen molar-refractivity contribution in [2.45, 2.75) is 26.9 Å². The van der Waals surface area contributed by atoms with Gasteiger partial charge in [-0.3, -0.25) is 4.79 Å². The highest BCUT2D eigenvalue weighted by atomic mass is 35.5. The predicted octanol–water partition coefficient (Wildman–Crippen LogP) is 3.17. The number of hydrogen-bond donors (Lipinski definition) is 0. The van der Waals surface area contributed by atoms with E-state index in [0.717, 1.165) is 5.75 Å². The second-order valence-corrected chi connectivity index (χ2v) is 4.65. The van der Waals surface area contributed by atoms with Crippen LogP contribution in [0.5, 0.6) is 5.75 Å². The van der Waals surface area contributed by atoms with E-state index in [1.54, 1.807) is 17.0 Å². The minimum absolute atomic E-state index is 0.00708. The number of ether oxygens (including phenoxy) is 1. The molecule has 1 aromatic carbocycles. The molecule has 1 aromatic rings. The summed E-state index contributed by atoms with van der Waals surface area (Å²) in [5, 5.41) is 0. The molecule has 4 heteroatoms. The normalized spacial score (nSPS) is 10.5. The Morgan fingerprint density at radius 3 is 2.72 bits per heavy atom. The third kappa shape index (κ3) is 4.22. The Balaban J connectivity index is 2.84. The maximum absolute atomic E-state index is 12.2. The van der Waals surface area contributed by atoms with Gasteiger partial charge in [-0.05, 0) is 39.0 Å². The second kappa shape index (κ2) is 7.27. The van der Waals surface area contributed by atoms with Gasteiger partial charge in [0.15, 0.2) is 0 Å². The Labute approximate surface area is 114 Å². The lowest BCUT2D eigenvalue weighted by Gasteiger charge is -2.20. The van der Waals surface area contributed by atoms with E-state index < -0.39 is 0 Å². The molecular weight excluding hydrogens is 250 g/mol. The van der Waals surface area contributed by atoms with E-state index in [4.69, 9.17) is 16.3 Å². The summed E-state index contributed by atoms with van der Waals surface area (Å²) in [7, 11) is 0. The number of benzene rings is 1. The Morgan fingerprint density at radius 2 is 2.17 bits per heavy atom. The summed E-state index contributed by atoms with van der Waals surface area (Å²) >= 11 is 5.69. The third-order valence-corrected chi connectivity index (χ3v) is 2.65. The molecule has 0 unspecified atom stereocenters. The van der Waals surface area contributed by atoms with Gasteiger partial charge >= 0.3 is 0 Å². The van der Waals surface area contributed by atoms with Crippen molar-refractivity contribution in [1.29, 1.82) is 0 Å². The molecule has 1 amide bonds. The Morgan fingerprint density at radius 1 is 1.44 bits per heavy atom. The topological polar surface area (TPSA) is 29.5 Å². The fourth-order valence-corrected chi connectivity index (χ4v) is 1.87. The van der Waals surface area contributed by atoms with Crippen LogP contribution in [0.1, 0.15) is 31.1 Å². The molecule has 0 saturated heterocycles. The highest BCUT2D eigenvalue weighted by Gasteiger charge is 2.14. The highest BCUT2D eigenvalue weighted by molar-refractivity contribution is 6.18. The van der Waals surface area contributed by atoms with Gasteiger partial charge in [0.1, 0.15) is 5.75 Å². The van der Waals surface area contributed by atoms with Gasteiger partial charge in [-0.2, -0.15) is 0 Å². The van der Waals surface area contributed by atoms with Gasteiger partial charge in [-0.25, -0.2) is 0 Å². The average molecular weight is 270 g/mol. The monoisotopic (exact) mass is 269 g/mol. The lowest BCUT2D eigenvalue weighted by molar-refractivity contribution is 0.0773. The number of halogens is 1. The molecule has 3 nitrogen and oxygen atoms in total. The molecular formula is C14H20ClNO2. The van der Waals surface area contributed by atoms with Crippen LogP contribution in [-0.4, -0.2) is 35.9 Å². The molecule has 1 rings (SSSR count). The van der Waals surface area contributed by atoms with Crippen LogP contribution in [-0.2, 0) is 0 Å². The molecule has 0 aliphatic heterocycles. The standard InChI is InChI=1S/C14H20ClNO2/c1-4-16(9-8-15)14(17)12-6-5-7-13(10-12)18-11(2)3/h5-7,10-11H,4,8-9H2,1-3H3. The molecule has 100 valence electrons. The summed E-state index contributed by atoms with van der Waals surface area (Å²) in [6, 6.07) is 7.26. The lowest BCUT2D eigenvalue weighted by Crippen LogP contribution is -2.32. The maximum atomic E-state index is 12.2. The van der Waals surface area contributed by atoms with E-state index in [9.17, 15) is 4.79 Å². The van der Waals surface area contributed by atoms with E-state index in [0.29, 0.717) is 24.5 Å². The Bertz CT molecular complexity index is 393. The first-order valence-electron chi connectivity index (χ1n) is 6.20. The number of amides is 1. The summed E-state index contributed by atoms with van der Waals surface area (Å²) in [5.74, 6) is 1.16. The van der Waals surface area contributed by atoms with Crippen molar-refractivity contribution >= 4 is 17.5 Å². The number of nitrogens with zero attached hydrogens (tertiary/aromatic N) is 1. The first-order chi connectivity index (χ1) is 8.58. The van der Waals surface area contributed by atoms with E-state index in [1.807, 2.05) is 32.9 Å². The van der Waals surface area contributed by atoms with Crippen LogP contribution in [0.4, 0.5) is 0 Å². The van der Waals surface area contributed by atoms with Gasteiger partial charge in [0.2, 0.25) is 0 Å². The average Bonchev–Trinajstić information content (AvgIpc) is 2.34. The van der Waals surface area contributed by atoms with Gasteiger partial charge < -0.3 is 9.64 Å². The van der Waals surface area contributed by atoms with Crippen molar-refractivity contribution in [2.75, 3.05) is 19.0 Å². The zero-order valence-electron chi connectivity index (χ0n) is 11.1. The van der Waals surface area contributed by atoms with Crippen LogP contribution in [0, 0.1) is 0 Å². The number of alkyl halides is 1. The van der Waals surface area contributed by atoms with E-state index in [1.165, 1.54) is 0 Å². The SMILES string of the molecule is CCN(CCCl)C(=O)c1cccc(OC(C)C)c1. The largest absolute Gasteiger partial charge is 0.491 e. The predicted molar refractivity (Wildman–Crippen MR) is 74.5 cm³/mol. The Kier molecular flexibility index (Phi) is 5.99. The van der Waals surface area contributed by atoms with E-state index in [2.05, 4.69) is 0 Å². The van der Waals surface area contributed by atoms with Crippen LogP contribution in [0.15, 0.2) is 24.3 Å². The number of carbonyl (C=O) groups is 1. The number of carbonyl (C=O) groups excluding carboxylic acids is 1. The maximum Gasteiger partial charge on any atom is 0.254 e. The quantitative estimate of drug-likeness (QED) is 0.743. The summed E-state index contributed by atoms with van der Waals surface area (Å²) in [5.41, 5.74) is 0.639. The highest BCUT2D eigenvalue weighted by Crippen LogP contribution is 2.16. The van der Waals surface area contributed by atoms with Crippen LogP contribution >= 0.6 is 11.6 Å². The minimum atomic E-state index is -0.00708. The molecule has 0 fully saturated rings. The van der Waals surface area contributed by atoms with Gasteiger partial charge in [-0.1, -0.05) is 6.07 Å². The molecule has 0 aromatic heterocycles. The van der Waals surface area contributed by atoms with Crippen molar-refractivity contribution in [1.82, 2.24) is 4.90 Å². The summed E-state index contributed by atoms with van der Waals surface area (Å²) in [6.45, 7) is 7.08. The van der Waals surface area contributed by atoms with Crippen LogP contribution < -0.4 is 4.74 Å². The summed E-state index contributed by atoms with van der Waals surface area (Å²) in [6.07, 6.45) is 0.0977. The van der Waals surface area contributed by atoms with E-state index in [-0.39, 0.29) is 12.0 Å². The van der Waals surface area contributed by atoms with Crippen LogP contribution in [0.2, 0.25) is 0 Å². The van der Waals surface area contributed by atoms with Crippen molar-refractivity contribution in [2.24, 2.45) is 0 Å². The van der Waals surface area contributed by atoms with Crippen LogP contribution in [0.25, 0.3) is 0 Å². The van der Waals surface area contributed by atoms with Gasteiger partial charge in [0, 0.05) is 24.5 Å². The van der Waals surface area contributed by atoms with Gasteiger partial charge in [0.05, 0.1) is 6.10 Å². The fourth-order valence-electron chi connectivity index (χ4n) is 1.66. The first kappa shape index (κ1) is 14.8. The van der Waals surface area contributed by atoms with Crippen LogP contribution in [0.3, 0.4) is 0 Å². The zero-order valence-corrected chi connectivity index (χ0v) is 11.9. The van der Waals surface area contributed by atoms with Crippen molar-refractivity contribution in [3.8, 4) is 5.75 Å². The van der Waals surface area contributed by atoms with Crippen molar-refractivity contribution in [3.63, 3.8) is 0 Å². The molecule has 0 radical (unpaired) electrons. The molecule has 0 heterocycles. The smallest absolute Gasteiger partial charge is 0.254 e. The molecule has 0 aliphatic rings. The van der Waals surface area contributed by atoms with Crippen molar-refractivity contribution in [3.05, 3.63) is 29.8 Å². The molecule has 0 aliphatic carbocycles. The molecule has 0 saturated carbocycles. The Hall–Kier alpha value is -1.22. The fraction of sp³-hybridized carbons (Fsp3) is 0.500. The molecule has 18 heavy (non-hydrogen) atoms. The number of rotatable bonds is 6. The molecule has 0 atom stereocenters. The van der Waals surface area contributed by atoms with E-state index >= 15 is 0 Å². The minimum Gasteiger partial charge on any atom is -0.491 e. The summed E-state index contributed by atoms with van der Waals surface area (Å²) < 4.78 is 5.58. The zero-order chi connectivity index (χ0) is 13.5. The lowest BCUT2D eigenvalue weighted by atomic mass is 10.2. The first-order valence-corrected chi connectivity index (χ1v) is 6.73. The number of hydrogen-bond acceptors (Lipinski definition) is 2. The third-order valence-electron chi connectivity index (χ3n) is 2.48. The second-order valence-electron chi connectivity index (χ2n) is 4.27. The van der Waals surface area contributed by atoms with Gasteiger partial charge in [-0.15, -0.1) is 11.6 Å². The van der Waals surface area contributed by atoms with Crippen molar-refractivity contribution < 1.29 is 9.53 Å².